The zero-order valence-electron chi connectivity index (χ0n) is 10.1. The van der Waals surface area contributed by atoms with Crippen LogP contribution in [0.4, 0.5) is 0 Å². The Labute approximate surface area is 108 Å². The van der Waals surface area contributed by atoms with E-state index in [2.05, 4.69) is 10.1 Å². The van der Waals surface area contributed by atoms with Gasteiger partial charge in [-0.1, -0.05) is 0 Å². The number of carbonyl (C=O) groups is 3. The van der Waals surface area contributed by atoms with Crippen molar-refractivity contribution in [3.05, 3.63) is 11.0 Å². The fourth-order valence-electron chi connectivity index (χ4n) is 1.34. The van der Waals surface area contributed by atoms with Gasteiger partial charge in [-0.2, -0.15) is 0 Å². The van der Waals surface area contributed by atoms with Gasteiger partial charge in [0.15, 0.2) is 5.17 Å². The third-order valence-corrected chi connectivity index (χ3v) is 3.22. The van der Waals surface area contributed by atoms with Crippen molar-refractivity contribution in [2.45, 2.75) is 13.0 Å². The van der Waals surface area contributed by atoms with Crippen LogP contribution in [0, 0.1) is 5.41 Å². The highest BCUT2D eigenvalue weighted by atomic mass is 32.2. The lowest BCUT2D eigenvalue weighted by molar-refractivity contribution is -0.135. The van der Waals surface area contributed by atoms with Crippen LogP contribution in [-0.2, 0) is 19.1 Å². The second-order valence-electron chi connectivity index (χ2n) is 3.40. The summed E-state index contributed by atoms with van der Waals surface area (Å²) in [6.45, 7) is 1.51. The molecule has 0 radical (unpaired) electrons. The largest absolute Gasteiger partial charge is 0.466 e. The van der Waals surface area contributed by atoms with E-state index in [-0.39, 0.29) is 16.0 Å². The van der Waals surface area contributed by atoms with Crippen molar-refractivity contribution in [3.8, 4) is 0 Å². The molecule has 98 valence electrons. The summed E-state index contributed by atoms with van der Waals surface area (Å²) in [5, 5.41) is 9.97. The lowest BCUT2D eigenvalue weighted by Crippen LogP contribution is -2.46. The van der Waals surface area contributed by atoms with E-state index in [0.717, 1.165) is 22.7 Å². The van der Waals surface area contributed by atoms with Gasteiger partial charge in [-0.05, 0) is 18.7 Å². The number of thioether (sulfide) groups is 1. The monoisotopic (exact) mass is 271 g/mol. The van der Waals surface area contributed by atoms with Gasteiger partial charge in [0.05, 0.1) is 12.0 Å². The van der Waals surface area contributed by atoms with Crippen molar-refractivity contribution >= 4 is 34.7 Å². The molecule has 0 saturated carbocycles. The van der Waals surface area contributed by atoms with E-state index in [4.69, 9.17) is 5.41 Å². The summed E-state index contributed by atoms with van der Waals surface area (Å²) in [6, 6.07) is -0.800. The molecule has 1 rings (SSSR count). The number of methoxy groups -OCH3 is 1. The van der Waals surface area contributed by atoms with E-state index in [0.29, 0.717) is 0 Å². The number of hydrogen-bond acceptors (Lipinski definition) is 6. The second kappa shape index (κ2) is 5.67. The highest BCUT2D eigenvalue weighted by molar-refractivity contribution is 8.18. The van der Waals surface area contributed by atoms with Crippen LogP contribution in [0.3, 0.4) is 0 Å². The third-order valence-electron chi connectivity index (χ3n) is 2.32. The van der Waals surface area contributed by atoms with Crippen molar-refractivity contribution < 1.29 is 19.1 Å². The van der Waals surface area contributed by atoms with Crippen LogP contribution in [0.15, 0.2) is 11.0 Å². The summed E-state index contributed by atoms with van der Waals surface area (Å²) in [7, 11) is 2.64. The number of nitrogens with one attached hydrogen (secondary N) is 2. The minimum atomic E-state index is -0.800. The fourth-order valence-corrected chi connectivity index (χ4v) is 2.23. The van der Waals surface area contributed by atoms with Crippen LogP contribution < -0.4 is 5.32 Å². The van der Waals surface area contributed by atoms with E-state index in [9.17, 15) is 14.4 Å². The number of hydrogen-bond donors (Lipinski definition) is 2. The Bertz CT molecular complexity index is 446. The number of ether oxygens (including phenoxy) is 1. The maximum atomic E-state index is 11.9. The molecular weight excluding hydrogens is 258 g/mol. The quantitative estimate of drug-likeness (QED) is 0.541. The summed E-state index contributed by atoms with van der Waals surface area (Å²) in [5.41, 5.74) is 0. The van der Waals surface area contributed by atoms with Crippen molar-refractivity contribution in [3.63, 3.8) is 0 Å². The zero-order valence-corrected chi connectivity index (χ0v) is 11.0. The fraction of sp³-hybridized carbons (Fsp3) is 0.400. The van der Waals surface area contributed by atoms with Crippen LogP contribution >= 0.6 is 11.8 Å². The molecule has 1 fully saturated rings. The molecule has 0 aliphatic carbocycles. The Hall–Kier alpha value is -1.83. The second-order valence-corrected chi connectivity index (χ2v) is 4.43. The number of esters is 1. The molecule has 1 atom stereocenters. The molecule has 0 bridgehead atoms. The molecule has 0 aromatic heterocycles. The van der Waals surface area contributed by atoms with E-state index < -0.39 is 17.9 Å². The highest BCUT2D eigenvalue weighted by Crippen LogP contribution is 2.31. The van der Waals surface area contributed by atoms with Crippen LogP contribution in [-0.4, -0.2) is 48.1 Å². The molecule has 1 aliphatic rings. The van der Waals surface area contributed by atoms with Crippen LogP contribution in [0.1, 0.15) is 6.92 Å². The van der Waals surface area contributed by atoms with Gasteiger partial charge in [0.25, 0.3) is 5.91 Å². The van der Waals surface area contributed by atoms with Crippen molar-refractivity contribution in [2.75, 3.05) is 14.2 Å². The highest BCUT2D eigenvalue weighted by Gasteiger charge is 2.38. The van der Waals surface area contributed by atoms with E-state index in [1.165, 1.54) is 21.1 Å². The molecule has 18 heavy (non-hydrogen) atoms. The lowest BCUT2D eigenvalue weighted by Gasteiger charge is -2.21. The van der Waals surface area contributed by atoms with Gasteiger partial charge < -0.3 is 10.1 Å². The molecule has 0 aromatic rings. The first-order chi connectivity index (χ1) is 8.42. The van der Waals surface area contributed by atoms with Gasteiger partial charge >= 0.3 is 5.97 Å². The molecule has 1 unspecified atom stereocenters. The third kappa shape index (κ3) is 2.70. The zero-order chi connectivity index (χ0) is 13.9. The maximum absolute atomic E-state index is 11.9. The first-order valence-corrected chi connectivity index (χ1v) is 5.85. The van der Waals surface area contributed by atoms with Gasteiger partial charge in [-0.15, -0.1) is 0 Å². The normalized spacial score (nSPS) is 19.1. The molecule has 2 amide bonds. The number of likely N-dealkylation sites (N-methyl/N-ethyl adjacent to an activating group) is 1. The Morgan fingerprint density at radius 3 is 2.67 bits per heavy atom. The average molecular weight is 271 g/mol. The number of rotatable bonds is 3. The minimum absolute atomic E-state index is 0.0719. The summed E-state index contributed by atoms with van der Waals surface area (Å²) in [6.07, 6.45) is 1.01. The van der Waals surface area contributed by atoms with Crippen molar-refractivity contribution in [2.24, 2.45) is 0 Å². The van der Waals surface area contributed by atoms with Crippen LogP contribution in [0.5, 0.6) is 0 Å². The average Bonchev–Trinajstić information content (AvgIpc) is 2.62. The summed E-state index contributed by atoms with van der Waals surface area (Å²) < 4.78 is 4.41. The van der Waals surface area contributed by atoms with Crippen LogP contribution in [0.2, 0.25) is 0 Å². The molecular formula is C10H13N3O4S. The van der Waals surface area contributed by atoms with Crippen molar-refractivity contribution in [1.29, 1.82) is 5.41 Å². The number of nitrogens with zero attached hydrogens (tertiary/aromatic N) is 1. The SMILES string of the molecule is CNC(=O)C(C)N1C(=N)S/C(=C\C(=O)OC)C1=O. The Morgan fingerprint density at radius 1 is 1.56 bits per heavy atom. The summed E-state index contributed by atoms with van der Waals surface area (Å²) >= 11 is 0.822. The van der Waals surface area contributed by atoms with Crippen LogP contribution in [0.25, 0.3) is 0 Å². The first-order valence-electron chi connectivity index (χ1n) is 5.03. The Balaban J connectivity index is 2.95. The first kappa shape index (κ1) is 14.2. The molecule has 1 aliphatic heterocycles. The van der Waals surface area contributed by atoms with Gasteiger partial charge in [-0.25, -0.2) is 4.79 Å². The lowest BCUT2D eigenvalue weighted by atomic mass is 10.2. The van der Waals surface area contributed by atoms with E-state index in [1.54, 1.807) is 0 Å². The molecule has 7 nitrogen and oxygen atoms in total. The number of carbonyl (C=O) groups excluding carboxylic acids is 3. The van der Waals surface area contributed by atoms with Gasteiger partial charge in [0.1, 0.15) is 6.04 Å². The molecule has 1 saturated heterocycles. The molecule has 0 spiro atoms. The molecule has 1 heterocycles. The number of amides is 2. The minimum Gasteiger partial charge on any atom is -0.466 e. The van der Waals surface area contributed by atoms with Crippen molar-refractivity contribution in [1.82, 2.24) is 10.2 Å². The van der Waals surface area contributed by atoms with E-state index >= 15 is 0 Å². The Morgan fingerprint density at radius 2 is 2.17 bits per heavy atom. The van der Waals surface area contributed by atoms with Gasteiger partial charge in [0.2, 0.25) is 5.91 Å². The molecule has 0 aromatic carbocycles. The molecule has 8 heteroatoms. The topological polar surface area (TPSA) is 99.6 Å². The Kier molecular flexibility index (Phi) is 4.49. The van der Waals surface area contributed by atoms with E-state index in [1.807, 2.05) is 0 Å². The number of amidine groups is 1. The van der Waals surface area contributed by atoms with Gasteiger partial charge in [0, 0.05) is 13.1 Å². The maximum Gasteiger partial charge on any atom is 0.331 e. The smallest absolute Gasteiger partial charge is 0.331 e. The predicted octanol–water partition coefficient (Wildman–Crippen LogP) is -0.312. The predicted molar refractivity (Wildman–Crippen MR) is 65.8 cm³/mol. The summed E-state index contributed by atoms with van der Waals surface area (Å²) in [4.78, 5) is 35.5. The standard InChI is InChI=1S/C10H13N3O4S/c1-5(8(15)12-2)13-9(16)6(18-10(13)11)4-7(14)17-3/h4-5,11H,1-3H3,(H,12,15)/b6-4-,11-10?. The molecule has 2 N–H and O–H groups in total. The summed E-state index contributed by atoms with van der Waals surface area (Å²) in [5.74, 6) is -1.60. The van der Waals surface area contributed by atoms with Gasteiger partial charge in [-0.3, -0.25) is 19.9 Å².